The smallest absolute Gasteiger partial charge is 0.398 e. The predicted molar refractivity (Wildman–Crippen MR) is 76.1 cm³/mol. The van der Waals surface area contributed by atoms with Crippen molar-refractivity contribution >= 4 is 22.9 Å². The number of carbonyl (C=O) groups is 1. The number of nitrogens with one attached hydrogen (secondary N) is 1. The average molecular weight is 314 g/mol. The Labute approximate surface area is 123 Å². The van der Waals surface area contributed by atoms with Crippen molar-refractivity contribution in [1.29, 1.82) is 0 Å². The van der Waals surface area contributed by atoms with Gasteiger partial charge in [-0.05, 0) is 47.5 Å². The molecule has 3 N–H and O–H groups in total. The van der Waals surface area contributed by atoms with Gasteiger partial charge in [0.1, 0.15) is 0 Å². The van der Waals surface area contributed by atoms with Gasteiger partial charge in [0.25, 0.3) is 5.91 Å². The van der Waals surface area contributed by atoms with Crippen LogP contribution in [-0.4, -0.2) is 5.91 Å². The highest BCUT2D eigenvalue weighted by Crippen LogP contribution is 2.34. The van der Waals surface area contributed by atoms with Crippen LogP contribution in [0.15, 0.2) is 35.0 Å². The molecular weight excluding hydrogens is 301 g/mol. The van der Waals surface area contributed by atoms with E-state index >= 15 is 0 Å². The molecule has 2 rings (SSSR count). The Balaban J connectivity index is 2.20. The van der Waals surface area contributed by atoms with Crippen molar-refractivity contribution in [2.45, 2.75) is 19.1 Å². The molecule has 7 heteroatoms. The third-order valence-corrected chi connectivity index (χ3v) is 3.71. The van der Waals surface area contributed by atoms with Crippen molar-refractivity contribution in [3.63, 3.8) is 0 Å². The van der Waals surface area contributed by atoms with Gasteiger partial charge in [-0.1, -0.05) is 0 Å². The second kappa shape index (κ2) is 5.77. The molecule has 0 saturated heterocycles. The van der Waals surface area contributed by atoms with Crippen LogP contribution in [-0.2, 0) is 6.18 Å². The Kier molecular flexibility index (Phi) is 4.22. The lowest BCUT2D eigenvalue weighted by molar-refractivity contribution is -0.136. The molecule has 1 aromatic heterocycles. The fraction of sp³-hybridized carbons (Fsp3) is 0.214. The molecule has 0 bridgehead atoms. The van der Waals surface area contributed by atoms with E-state index in [1.54, 1.807) is 6.92 Å². The number of nitrogen functional groups attached to an aromatic ring is 1. The fourth-order valence-electron chi connectivity index (χ4n) is 1.83. The molecule has 1 heterocycles. The van der Waals surface area contributed by atoms with Gasteiger partial charge in [0, 0.05) is 11.3 Å². The summed E-state index contributed by atoms with van der Waals surface area (Å²) in [6.45, 7) is 1.77. The van der Waals surface area contributed by atoms with E-state index in [0.717, 1.165) is 17.7 Å². The lowest BCUT2D eigenvalue weighted by Gasteiger charge is -2.15. The summed E-state index contributed by atoms with van der Waals surface area (Å²) < 4.78 is 38.3. The highest BCUT2D eigenvalue weighted by Gasteiger charge is 2.33. The maximum Gasteiger partial charge on any atom is 0.418 e. The number of carbonyl (C=O) groups excluding carboxylic acids is 1. The van der Waals surface area contributed by atoms with Crippen LogP contribution in [0.3, 0.4) is 0 Å². The van der Waals surface area contributed by atoms with Gasteiger partial charge in [-0.25, -0.2) is 0 Å². The maximum atomic E-state index is 12.8. The summed E-state index contributed by atoms with van der Waals surface area (Å²) in [6, 6.07) is 4.70. The third kappa shape index (κ3) is 3.55. The highest BCUT2D eigenvalue weighted by molar-refractivity contribution is 7.07. The number of anilines is 1. The molecule has 1 aromatic carbocycles. The Hall–Kier alpha value is -2.02. The van der Waals surface area contributed by atoms with Crippen molar-refractivity contribution in [2.75, 3.05) is 5.73 Å². The van der Waals surface area contributed by atoms with Crippen LogP contribution >= 0.6 is 11.3 Å². The van der Waals surface area contributed by atoms with E-state index in [1.165, 1.54) is 17.4 Å². The molecule has 0 aliphatic rings. The first kappa shape index (κ1) is 15.4. The van der Waals surface area contributed by atoms with E-state index in [9.17, 15) is 18.0 Å². The molecule has 0 spiro atoms. The van der Waals surface area contributed by atoms with Gasteiger partial charge in [-0.3, -0.25) is 4.79 Å². The van der Waals surface area contributed by atoms with Crippen molar-refractivity contribution in [3.8, 4) is 0 Å². The van der Waals surface area contributed by atoms with Crippen LogP contribution in [0.1, 0.15) is 34.5 Å². The van der Waals surface area contributed by atoms with E-state index in [1.807, 2.05) is 16.8 Å². The molecule has 3 nitrogen and oxygen atoms in total. The molecule has 0 radical (unpaired) electrons. The van der Waals surface area contributed by atoms with E-state index < -0.39 is 23.3 Å². The standard InChI is InChI=1S/C14H13F3N2OS/c1-8(10-4-5-21-7-10)19-13(20)9-2-3-12(18)11(6-9)14(15,16)17/h2-8H,18H2,1H3,(H,19,20). The molecular formula is C14H13F3N2OS. The lowest BCUT2D eigenvalue weighted by atomic mass is 10.1. The lowest BCUT2D eigenvalue weighted by Crippen LogP contribution is -2.26. The van der Waals surface area contributed by atoms with E-state index in [0.29, 0.717) is 0 Å². The Morgan fingerprint density at radius 1 is 1.33 bits per heavy atom. The predicted octanol–water partition coefficient (Wildman–Crippen LogP) is 3.84. The molecule has 112 valence electrons. The van der Waals surface area contributed by atoms with Crippen molar-refractivity contribution in [1.82, 2.24) is 5.32 Å². The number of halogens is 3. The number of nitrogens with two attached hydrogens (primary N) is 1. The number of rotatable bonds is 3. The van der Waals surface area contributed by atoms with Crippen molar-refractivity contribution < 1.29 is 18.0 Å². The van der Waals surface area contributed by atoms with Crippen LogP contribution in [0.5, 0.6) is 0 Å². The quantitative estimate of drug-likeness (QED) is 0.846. The van der Waals surface area contributed by atoms with Gasteiger partial charge in [0.2, 0.25) is 0 Å². The Morgan fingerprint density at radius 3 is 2.62 bits per heavy atom. The zero-order valence-corrected chi connectivity index (χ0v) is 11.9. The van der Waals surface area contributed by atoms with Gasteiger partial charge in [-0.2, -0.15) is 24.5 Å². The summed E-state index contributed by atoms with van der Waals surface area (Å²) in [5.41, 5.74) is 4.74. The van der Waals surface area contributed by atoms with Crippen molar-refractivity contribution in [2.24, 2.45) is 0 Å². The van der Waals surface area contributed by atoms with Gasteiger partial charge >= 0.3 is 6.18 Å². The largest absolute Gasteiger partial charge is 0.418 e. The SMILES string of the molecule is CC(NC(=O)c1ccc(N)c(C(F)(F)F)c1)c1ccsc1. The number of benzene rings is 1. The molecule has 21 heavy (non-hydrogen) atoms. The molecule has 1 unspecified atom stereocenters. The summed E-state index contributed by atoms with van der Waals surface area (Å²) in [6.07, 6.45) is -4.58. The Bertz CT molecular complexity index is 638. The van der Waals surface area contributed by atoms with Crippen LogP contribution in [0.25, 0.3) is 0 Å². The number of amides is 1. The summed E-state index contributed by atoms with van der Waals surface area (Å²) >= 11 is 1.48. The van der Waals surface area contributed by atoms with Gasteiger partial charge in [-0.15, -0.1) is 0 Å². The minimum absolute atomic E-state index is 0.0707. The first-order valence-corrected chi connectivity index (χ1v) is 7.03. The summed E-state index contributed by atoms with van der Waals surface area (Å²) in [5, 5.41) is 6.39. The van der Waals surface area contributed by atoms with Gasteiger partial charge in [0.15, 0.2) is 0 Å². The van der Waals surface area contributed by atoms with Crippen LogP contribution in [0, 0.1) is 0 Å². The van der Waals surface area contributed by atoms with Crippen LogP contribution in [0.4, 0.5) is 18.9 Å². The number of alkyl halides is 3. The Morgan fingerprint density at radius 2 is 2.05 bits per heavy atom. The van der Waals surface area contributed by atoms with Crippen LogP contribution in [0.2, 0.25) is 0 Å². The second-order valence-electron chi connectivity index (χ2n) is 4.55. The van der Waals surface area contributed by atoms with E-state index in [2.05, 4.69) is 5.32 Å². The van der Waals surface area contributed by atoms with Crippen LogP contribution < -0.4 is 11.1 Å². The zero-order chi connectivity index (χ0) is 15.6. The second-order valence-corrected chi connectivity index (χ2v) is 5.33. The normalized spacial score (nSPS) is 13.0. The van der Waals surface area contributed by atoms with E-state index in [4.69, 9.17) is 5.73 Å². The minimum Gasteiger partial charge on any atom is -0.398 e. The summed E-state index contributed by atoms with van der Waals surface area (Å²) in [5.74, 6) is -0.570. The topological polar surface area (TPSA) is 55.1 Å². The maximum absolute atomic E-state index is 12.8. The highest BCUT2D eigenvalue weighted by atomic mass is 32.1. The number of hydrogen-bond donors (Lipinski definition) is 2. The fourth-order valence-corrected chi connectivity index (χ4v) is 2.58. The molecule has 0 aliphatic carbocycles. The average Bonchev–Trinajstić information content (AvgIpc) is 2.91. The molecule has 1 atom stereocenters. The molecule has 0 aliphatic heterocycles. The van der Waals surface area contributed by atoms with E-state index in [-0.39, 0.29) is 11.6 Å². The first-order valence-electron chi connectivity index (χ1n) is 6.08. The molecule has 0 saturated carbocycles. The van der Waals surface area contributed by atoms with Crippen molar-refractivity contribution in [3.05, 3.63) is 51.7 Å². The summed E-state index contributed by atoms with van der Waals surface area (Å²) in [4.78, 5) is 12.0. The molecule has 2 aromatic rings. The first-order chi connectivity index (χ1) is 9.79. The minimum atomic E-state index is -4.58. The van der Waals surface area contributed by atoms with Gasteiger partial charge < -0.3 is 11.1 Å². The zero-order valence-electron chi connectivity index (χ0n) is 11.1. The molecule has 0 fully saturated rings. The molecule has 1 amide bonds. The monoisotopic (exact) mass is 314 g/mol. The van der Waals surface area contributed by atoms with Gasteiger partial charge in [0.05, 0.1) is 11.6 Å². The number of thiophene rings is 1. The number of hydrogen-bond acceptors (Lipinski definition) is 3. The summed E-state index contributed by atoms with van der Waals surface area (Å²) in [7, 11) is 0. The third-order valence-electron chi connectivity index (χ3n) is 3.01.